The van der Waals surface area contributed by atoms with Crippen LogP contribution in [0.4, 0.5) is 5.69 Å². The van der Waals surface area contributed by atoms with Gasteiger partial charge in [-0.05, 0) is 12.8 Å². The first kappa shape index (κ1) is 9.10. The summed E-state index contributed by atoms with van der Waals surface area (Å²) >= 11 is 0. The Morgan fingerprint density at radius 2 is 2.25 bits per heavy atom. The van der Waals surface area contributed by atoms with E-state index < -0.39 is 0 Å². The summed E-state index contributed by atoms with van der Waals surface area (Å²) in [6.45, 7) is 5.31. The molecular weight excluding hydrogens is 150 g/mol. The molecule has 0 aliphatic heterocycles. The average molecular weight is 167 g/mol. The van der Waals surface area contributed by atoms with Crippen LogP contribution in [0.5, 0.6) is 0 Å². The first-order valence-corrected chi connectivity index (χ1v) is 4.54. The molecule has 0 saturated heterocycles. The summed E-state index contributed by atoms with van der Waals surface area (Å²) in [5, 5.41) is 7.69. The maximum Gasteiger partial charge on any atom is 0.0853 e. The largest absolute Gasteiger partial charge is 0.382 e. The van der Waals surface area contributed by atoms with Crippen molar-refractivity contribution in [1.29, 1.82) is 0 Å². The molecule has 1 aromatic rings. The van der Waals surface area contributed by atoms with Crippen LogP contribution in [0.2, 0.25) is 0 Å². The number of nitrogens with one attached hydrogen (secondary N) is 1. The minimum absolute atomic E-state index is 0.993. The standard InChI is InChI=1S/C9H17N3/c1-4-6-10-9-7-12(3)11-8(9)5-2/h7,10H,4-6H2,1-3H3. The molecule has 68 valence electrons. The summed E-state index contributed by atoms with van der Waals surface area (Å²) in [5.41, 5.74) is 2.34. The summed E-state index contributed by atoms with van der Waals surface area (Å²) in [5.74, 6) is 0. The van der Waals surface area contributed by atoms with Gasteiger partial charge in [-0.2, -0.15) is 5.10 Å². The Hall–Kier alpha value is -0.990. The van der Waals surface area contributed by atoms with E-state index in [9.17, 15) is 0 Å². The van der Waals surface area contributed by atoms with E-state index in [1.165, 1.54) is 5.69 Å². The van der Waals surface area contributed by atoms with Gasteiger partial charge in [-0.25, -0.2) is 0 Å². The number of aryl methyl sites for hydroxylation is 2. The van der Waals surface area contributed by atoms with Gasteiger partial charge in [0.25, 0.3) is 0 Å². The van der Waals surface area contributed by atoms with Crippen LogP contribution in [0.15, 0.2) is 6.20 Å². The molecule has 3 nitrogen and oxygen atoms in total. The highest BCUT2D eigenvalue weighted by Crippen LogP contribution is 2.12. The summed E-state index contributed by atoms with van der Waals surface area (Å²) in [7, 11) is 1.95. The van der Waals surface area contributed by atoms with Gasteiger partial charge in [0.2, 0.25) is 0 Å². The number of aromatic nitrogens is 2. The van der Waals surface area contributed by atoms with Crippen molar-refractivity contribution in [3.8, 4) is 0 Å². The quantitative estimate of drug-likeness (QED) is 0.741. The molecule has 0 radical (unpaired) electrons. The van der Waals surface area contributed by atoms with Crippen LogP contribution in [0, 0.1) is 0 Å². The second kappa shape index (κ2) is 4.14. The van der Waals surface area contributed by atoms with E-state index in [4.69, 9.17) is 0 Å². The highest BCUT2D eigenvalue weighted by Gasteiger charge is 2.03. The van der Waals surface area contributed by atoms with E-state index in [-0.39, 0.29) is 0 Å². The van der Waals surface area contributed by atoms with Gasteiger partial charge < -0.3 is 5.32 Å². The third-order valence-corrected chi connectivity index (χ3v) is 1.81. The molecule has 12 heavy (non-hydrogen) atoms. The zero-order chi connectivity index (χ0) is 8.97. The first-order valence-electron chi connectivity index (χ1n) is 4.54. The molecule has 1 heterocycles. The van der Waals surface area contributed by atoms with Gasteiger partial charge in [0.05, 0.1) is 11.4 Å². The number of nitrogens with zero attached hydrogens (tertiary/aromatic N) is 2. The van der Waals surface area contributed by atoms with Gasteiger partial charge in [-0.1, -0.05) is 13.8 Å². The molecule has 0 aromatic carbocycles. The lowest BCUT2D eigenvalue weighted by atomic mass is 10.3. The van der Waals surface area contributed by atoms with Gasteiger partial charge in [-0.3, -0.25) is 4.68 Å². The predicted octanol–water partition coefficient (Wildman–Crippen LogP) is 1.80. The average Bonchev–Trinajstić information content (AvgIpc) is 2.42. The number of anilines is 1. The summed E-state index contributed by atoms with van der Waals surface area (Å²) < 4.78 is 1.86. The van der Waals surface area contributed by atoms with E-state index in [0.717, 1.165) is 25.1 Å². The van der Waals surface area contributed by atoms with Crippen molar-refractivity contribution in [1.82, 2.24) is 9.78 Å². The predicted molar refractivity (Wildman–Crippen MR) is 51.4 cm³/mol. The smallest absolute Gasteiger partial charge is 0.0853 e. The van der Waals surface area contributed by atoms with Gasteiger partial charge in [0.1, 0.15) is 0 Å². The van der Waals surface area contributed by atoms with Crippen molar-refractivity contribution in [2.24, 2.45) is 7.05 Å². The molecule has 0 fully saturated rings. The highest BCUT2D eigenvalue weighted by molar-refractivity contribution is 5.46. The SMILES string of the molecule is CCCNc1cn(C)nc1CC. The van der Waals surface area contributed by atoms with Crippen LogP contribution in [0.1, 0.15) is 26.0 Å². The molecule has 0 bridgehead atoms. The van der Waals surface area contributed by atoms with Crippen molar-refractivity contribution >= 4 is 5.69 Å². The van der Waals surface area contributed by atoms with Crippen molar-refractivity contribution in [3.63, 3.8) is 0 Å². The molecule has 3 heteroatoms. The van der Waals surface area contributed by atoms with Crippen LogP contribution >= 0.6 is 0 Å². The van der Waals surface area contributed by atoms with Crippen LogP contribution in [0.3, 0.4) is 0 Å². The summed E-state index contributed by atoms with van der Waals surface area (Å²) in [6, 6.07) is 0. The zero-order valence-electron chi connectivity index (χ0n) is 8.09. The van der Waals surface area contributed by atoms with E-state index in [1.54, 1.807) is 0 Å². The lowest BCUT2D eigenvalue weighted by Gasteiger charge is -2.01. The maximum atomic E-state index is 4.34. The van der Waals surface area contributed by atoms with Crippen molar-refractivity contribution in [2.45, 2.75) is 26.7 Å². The normalized spacial score (nSPS) is 10.2. The molecule has 0 atom stereocenters. The molecule has 1 rings (SSSR count). The Balaban J connectivity index is 2.68. The molecule has 0 unspecified atom stereocenters. The van der Waals surface area contributed by atoms with Gasteiger partial charge in [0.15, 0.2) is 0 Å². The highest BCUT2D eigenvalue weighted by atomic mass is 15.3. The van der Waals surface area contributed by atoms with Crippen molar-refractivity contribution in [3.05, 3.63) is 11.9 Å². The maximum absolute atomic E-state index is 4.34. The van der Waals surface area contributed by atoms with E-state index >= 15 is 0 Å². The third kappa shape index (κ3) is 2.00. The number of hydrogen-bond acceptors (Lipinski definition) is 2. The Labute approximate surface area is 73.8 Å². The molecule has 1 N–H and O–H groups in total. The Morgan fingerprint density at radius 1 is 1.50 bits per heavy atom. The number of hydrogen-bond donors (Lipinski definition) is 1. The van der Waals surface area contributed by atoms with Gasteiger partial charge >= 0.3 is 0 Å². The van der Waals surface area contributed by atoms with Gasteiger partial charge in [-0.15, -0.1) is 0 Å². The molecule has 1 aromatic heterocycles. The minimum atomic E-state index is 0.993. The lowest BCUT2D eigenvalue weighted by Crippen LogP contribution is -2.00. The second-order valence-electron chi connectivity index (χ2n) is 2.94. The molecular formula is C9H17N3. The summed E-state index contributed by atoms with van der Waals surface area (Å²) in [6.07, 6.45) is 4.18. The van der Waals surface area contributed by atoms with Crippen LogP contribution in [-0.4, -0.2) is 16.3 Å². The van der Waals surface area contributed by atoms with Crippen LogP contribution in [0.25, 0.3) is 0 Å². The molecule has 0 aliphatic rings. The lowest BCUT2D eigenvalue weighted by molar-refractivity contribution is 0.746. The van der Waals surface area contributed by atoms with E-state index in [2.05, 4.69) is 24.3 Å². The summed E-state index contributed by atoms with van der Waals surface area (Å²) in [4.78, 5) is 0. The monoisotopic (exact) mass is 167 g/mol. The molecule has 0 saturated carbocycles. The minimum Gasteiger partial charge on any atom is -0.382 e. The second-order valence-corrected chi connectivity index (χ2v) is 2.94. The van der Waals surface area contributed by atoms with Crippen LogP contribution < -0.4 is 5.32 Å². The number of rotatable bonds is 4. The fraction of sp³-hybridized carbons (Fsp3) is 0.667. The third-order valence-electron chi connectivity index (χ3n) is 1.81. The fourth-order valence-corrected chi connectivity index (χ4v) is 1.20. The zero-order valence-corrected chi connectivity index (χ0v) is 8.09. The van der Waals surface area contributed by atoms with Crippen molar-refractivity contribution < 1.29 is 0 Å². The van der Waals surface area contributed by atoms with E-state index in [0.29, 0.717) is 0 Å². The van der Waals surface area contributed by atoms with E-state index in [1.807, 2.05) is 17.9 Å². The molecule has 0 aliphatic carbocycles. The topological polar surface area (TPSA) is 29.9 Å². The Morgan fingerprint density at radius 3 is 2.83 bits per heavy atom. The Kier molecular flexibility index (Phi) is 3.14. The van der Waals surface area contributed by atoms with Crippen molar-refractivity contribution in [2.75, 3.05) is 11.9 Å². The van der Waals surface area contributed by atoms with Crippen LogP contribution in [-0.2, 0) is 13.5 Å². The Bertz CT molecular complexity index is 240. The van der Waals surface area contributed by atoms with Gasteiger partial charge in [0, 0.05) is 19.8 Å². The molecule has 0 amide bonds. The first-order chi connectivity index (χ1) is 5.77. The molecule has 0 spiro atoms. The fourth-order valence-electron chi connectivity index (χ4n) is 1.20.